The van der Waals surface area contributed by atoms with Crippen LogP contribution in [0.3, 0.4) is 0 Å². The molecule has 1 aliphatic heterocycles. The number of nitrogens with one attached hydrogen (secondary N) is 2. The molecule has 1 heterocycles. The number of aliphatic imine (C=N–C) groups is 1. The summed E-state index contributed by atoms with van der Waals surface area (Å²) in [5.41, 5.74) is 0.981. The van der Waals surface area contributed by atoms with Crippen LogP contribution in [0, 0.1) is 6.92 Å². The maximum absolute atomic E-state index is 11.3. The molecular weight excluding hydrogens is 382 g/mol. The Morgan fingerprint density at radius 1 is 1.48 bits per heavy atom. The summed E-state index contributed by atoms with van der Waals surface area (Å²) in [6.07, 6.45) is 1.08. The van der Waals surface area contributed by atoms with Crippen LogP contribution in [0.15, 0.2) is 17.1 Å². The van der Waals surface area contributed by atoms with Crippen molar-refractivity contribution in [2.45, 2.75) is 6.92 Å². The third kappa shape index (κ3) is 5.05. The molecule has 1 aromatic rings. The SMILES string of the molecule is Br.Cc1c(OCC2=NCCN2)ccc(Cl)c1NS(C)(=O)=O. The molecule has 0 saturated heterocycles. The smallest absolute Gasteiger partial charge is 0.229 e. The minimum Gasteiger partial charge on any atom is -0.485 e. The first kappa shape index (κ1) is 18.1. The van der Waals surface area contributed by atoms with Crippen molar-refractivity contribution in [2.24, 2.45) is 4.99 Å². The monoisotopic (exact) mass is 397 g/mol. The highest BCUT2D eigenvalue weighted by atomic mass is 79.9. The second-order valence-corrected chi connectivity index (χ2v) is 6.62. The van der Waals surface area contributed by atoms with Gasteiger partial charge in [0.05, 0.1) is 23.5 Å². The molecule has 0 bridgehead atoms. The Hall–Kier alpha value is -0.990. The highest BCUT2D eigenvalue weighted by Gasteiger charge is 2.14. The van der Waals surface area contributed by atoms with Gasteiger partial charge in [0.2, 0.25) is 10.0 Å². The molecule has 21 heavy (non-hydrogen) atoms. The van der Waals surface area contributed by atoms with E-state index in [4.69, 9.17) is 16.3 Å². The lowest BCUT2D eigenvalue weighted by atomic mass is 10.2. The first-order valence-corrected chi connectivity index (χ1v) is 8.30. The van der Waals surface area contributed by atoms with Crippen molar-refractivity contribution in [1.29, 1.82) is 0 Å². The Balaban J connectivity index is 0.00000220. The van der Waals surface area contributed by atoms with E-state index >= 15 is 0 Å². The molecule has 0 unspecified atom stereocenters. The zero-order valence-electron chi connectivity index (χ0n) is 11.6. The van der Waals surface area contributed by atoms with Crippen molar-refractivity contribution in [3.63, 3.8) is 0 Å². The third-order valence-electron chi connectivity index (χ3n) is 2.76. The first-order valence-electron chi connectivity index (χ1n) is 6.04. The first-order chi connectivity index (χ1) is 9.37. The van der Waals surface area contributed by atoms with Crippen LogP contribution in [-0.4, -0.2) is 40.2 Å². The lowest BCUT2D eigenvalue weighted by molar-refractivity contribution is 0.371. The second kappa shape index (κ2) is 7.33. The van der Waals surface area contributed by atoms with Gasteiger partial charge in [0.25, 0.3) is 0 Å². The summed E-state index contributed by atoms with van der Waals surface area (Å²) in [6, 6.07) is 3.31. The van der Waals surface area contributed by atoms with Crippen molar-refractivity contribution in [1.82, 2.24) is 5.32 Å². The highest BCUT2D eigenvalue weighted by molar-refractivity contribution is 8.93. The second-order valence-electron chi connectivity index (χ2n) is 4.46. The number of hydrogen-bond donors (Lipinski definition) is 2. The van der Waals surface area contributed by atoms with Gasteiger partial charge in [-0.25, -0.2) is 8.42 Å². The third-order valence-corrected chi connectivity index (χ3v) is 3.65. The van der Waals surface area contributed by atoms with E-state index in [1.54, 1.807) is 19.1 Å². The lowest BCUT2D eigenvalue weighted by Crippen LogP contribution is -2.25. The quantitative estimate of drug-likeness (QED) is 0.795. The normalized spacial score (nSPS) is 14.0. The number of nitrogens with zero attached hydrogens (tertiary/aromatic N) is 1. The molecule has 0 spiro atoms. The molecule has 0 aromatic heterocycles. The molecule has 1 aliphatic rings. The van der Waals surface area contributed by atoms with E-state index in [1.165, 1.54) is 0 Å². The number of anilines is 1. The summed E-state index contributed by atoms with van der Waals surface area (Å²) in [4.78, 5) is 4.22. The van der Waals surface area contributed by atoms with E-state index in [1.807, 2.05) is 0 Å². The summed E-state index contributed by atoms with van der Waals surface area (Å²) >= 11 is 6.02. The molecule has 0 saturated carbocycles. The maximum atomic E-state index is 11.3. The summed E-state index contributed by atoms with van der Waals surface area (Å²) in [6.45, 7) is 3.64. The molecular formula is C12H17BrClN3O3S. The predicted octanol–water partition coefficient (Wildman–Crippen LogP) is 1.98. The minimum atomic E-state index is -3.40. The Bertz CT molecular complexity index is 649. The van der Waals surface area contributed by atoms with E-state index < -0.39 is 10.0 Å². The van der Waals surface area contributed by atoms with Crippen LogP contribution in [0.4, 0.5) is 5.69 Å². The van der Waals surface area contributed by atoms with Gasteiger partial charge >= 0.3 is 0 Å². The van der Waals surface area contributed by atoms with Crippen molar-refractivity contribution >= 4 is 50.1 Å². The number of halogens is 2. The number of benzene rings is 1. The number of sulfonamides is 1. The van der Waals surface area contributed by atoms with Gasteiger partial charge in [-0.15, -0.1) is 17.0 Å². The summed E-state index contributed by atoms with van der Waals surface area (Å²) in [7, 11) is -3.40. The molecule has 0 fully saturated rings. The Labute approximate surface area is 139 Å². The van der Waals surface area contributed by atoms with Gasteiger partial charge in [0.1, 0.15) is 18.2 Å². The lowest BCUT2D eigenvalue weighted by Gasteiger charge is -2.15. The van der Waals surface area contributed by atoms with Crippen LogP contribution in [0.25, 0.3) is 0 Å². The Morgan fingerprint density at radius 3 is 2.76 bits per heavy atom. The molecule has 0 aliphatic carbocycles. The summed E-state index contributed by atoms with van der Waals surface area (Å²) in [5, 5.41) is 3.43. The number of hydrogen-bond acceptors (Lipinski definition) is 5. The van der Waals surface area contributed by atoms with E-state index in [-0.39, 0.29) is 17.0 Å². The van der Waals surface area contributed by atoms with Crippen LogP contribution < -0.4 is 14.8 Å². The zero-order valence-corrected chi connectivity index (χ0v) is 14.9. The Kier molecular flexibility index (Phi) is 6.30. The Morgan fingerprint density at radius 2 is 2.19 bits per heavy atom. The van der Waals surface area contributed by atoms with Crippen LogP contribution in [-0.2, 0) is 10.0 Å². The van der Waals surface area contributed by atoms with Gasteiger partial charge in [0.15, 0.2) is 0 Å². The summed E-state index contributed by atoms with van der Waals surface area (Å²) in [5.74, 6) is 1.36. The number of amidine groups is 1. The van der Waals surface area contributed by atoms with Gasteiger partial charge in [0, 0.05) is 12.1 Å². The largest absolute Gasteiger partial charge is 0.485 e. The van der Waals surface area contributed by atoms with Gasteiger partial charge in [-0.2, -0.15) is 0 Å². The van der Waals surface area contributed by atoms with Crippen molar-refractivity contribution in [2.75, 3.05) is 30.7 Å². The average Bonchev–Trinajstić information content (AvgIpc) is 2.85. The van der Waals surface area contributed by atoms with Gasteiger partial charge in [-0.1, -0.05) is 11.6 Å². The van der Waals surface area contributed by atoms with Gasteiger partial charge in [-0.3, -0.25) is 9.71 Å². The molecule has 2 N–H and O–H groups in total. The summed E-state index contributed by atoms with van der Waals surface area (Å²) < 4.78 is 30.7. The fourth-order valence-corrected chi connectivity index (χ4v) is 2.76. The van der Waals surface area contributed by atoms with Crippen molar-refractivity contribution in [3.8, 4) is 5.75 Å². The fraction of sp³-hybridized carbons (Fsp3) is 0.417. The standard InChI is InChI=1S/C12H16ClN3O3S.BrH/c1-8-10(19-7-11-14-5-6-15-11)4-3-9(13)12(8)16-20(2,17)18;/h3-4,16H,5-7H2,1-2H3,(H,14,15);1H. The predicted molar refractivity (Wildman–Crippen MR) is 90.8 cm³/mol. The topological polar surface area (TPSA) is 79.8 Å². The van der Waals surface area contributed by atoms with Crippen LogP contribution in [0.5, 0.6) is 5.75 Å². The minimum absolute atomic E-state index is 0. The van der Waals surface area contributed by atoms with E-state index in [0.717, 1.165) is 25.2 Å². The molecule has 6 nitrogen and oxygen atoms in total. The fourth-order valence-electron chi connectivity index (χ4n) is 1.82. The molecule has 9 heteroatoms. The number of ether oxygens (including phenoxy) is 1. The van der Waals surface area contributed by atoms with Gasteiger partial charge in [-0.05, 0) is 19.1 Å². The number of rotatable bonds is 5. The molecule has 2 rings (SSSR count). The molecule has 0 radical (unpaired) electrons. The van der Waals surface area contributed by atoms with E-state index in [0.29, 0.717) is 28.6 Å². The molecule has 0 amide bonds. The van der Waals surface area contributed by atoms with E-state index in [2.05, 4.69) is 15.0 Å². The molecule has 0 atom stereocenters. The van der Waals surface area contributed by atoms with Crippen LogP contribution in [0.1, 0.15) is 5.56 Å². The van der Waals surface area contributed by atoms with Crippen LogP contribution >= 0.6 is 28.6 Å². The molecule has 1 aromatic carbocycles. The highest BCUT2D eigenvalue weighted by Crippen LogP contribution is 2.33. The van der Waals surface area contributed by atoms with Crippen molar-refractivity contribution < 1.29 is 13.2 Å². The van der Waals surface area contributed by atoms with E-state index in [9.17, 15) is 8.42 Å². The maximum Gasteiger partial charge on any atom is 0.229 e. The zero-order chi connectivity index (χ0) is 14.8. The van der Waals surface area contributed by atoms with Crippen LogP contribution in [0.2, 0.25) is 5.02 Å². The van der Waals surface area contributed by atoms with Gasteiger partial charge < -0.3 is 10.1 Å². The molecule has 118 valence electrons. The average molecular weight is 399 g/mol. The van der Waals surface area contributed by atoms with Crippen molar-refractivity contribution in [3.05, 3.63) is 22.7 Å².